The minimum absolute atomic E-state index is 0.229. The van der Waals surface area contributed by atoms with Gasteiger partial charge >= 0.3 is 0 Å². The fourth-order valence-electron chi connectivity index (χ4n) is 6.11. The molecule has 2 heterocycles. The molecule has 0 aliphatic carbocycles. The van der Waals surface area contributed by atoms with Crippen molar-refractivity contribution in [2.45, 2.75) is 45.2 Å². The van der Waals surface area contributed by atoms with E-state index in [1.165, 1.54) is 37.0 Å². The van der Waals surface area contributed by atoms with Crippen LogP contribution in [0, 0.1) is 5.82 Å². The highest BCUT2D eigenvalue weighted by Crippen LogP contribution is 2.38. The van der Waals surface area contributed by atoms with E-state index in [0.29, 0.717) is 45.1 Å². The Labute approximate surface area is 268 Å². The lowest BCUT2D eigenvalue weighted by molar-refractivity contribution is -0.110. The van der Waals surface area contributed by atoms with Crippen LogP contribution >= 0.6 is 11.6 Å². The van der Waals surface area contributed by atoms with E-state index in [4.69, 9.17) is 11.6 Å². The van der Waals surface area contributed by atoms with Crippen LogP contribution in [0.25, 0.3) is 11.3 Å². The van der Waals surface area contributed by atoms with Crippen LogP contribution in [0.4, 0.5) is 15.8 Å². The van der Waals surface area contributed by atoms with Gasteiger partial charge in [0.2, 0.25) is 0 Å². The molecule has 230 valence electrons. The number of hydrogen-bond donors (Lipinski definition) is 3. The summed E-state index contributed by atoms with van der Waals surface area (Å²) < 4.78 is 14.0. The number of carbonyl (C=O) groups excluding carboxylic acids is 2. The van der Waals surface area contributed by atoms with Crippen LogP contribution in [0.5, 0.6) is 0 Å². The summed E-state index contributed by atoms with van der Waals surface area (Å²) in [6.45, 7) is 5.04. The number of rotatable bonds is 9. The van der Waals surface area contributed by atoms with Gasteiger partial charge in [-0.2, -0.15) is 0 Å². The normalized spacial score (nSPS) is 16.5. The predicted octanol–water partition coefficient (Wildman–Crippen LogP) is 8.28. The molecule has 0 spiro atoms. The Balaban J connectivity index is 1.35. The molecule has 45 heavy (non-hydrogen) atoms. The zero-order valence-electron chi connectivity index (χ0n) is 25.2. The smallest absolute Gasteiger partial charge is 0.258 e. The highest BCUT2D eigenvalue weighted by atomic mass is 35.5. The Morgan fingerprint density at radius 2 is 1.69 bits per heavy atom. The number of hydrogen-bond acceptors (Lipinski definition) is 4. The third kappa shape index (κ3) is 7.11. The number of nitrogens with zero attached hydrogens (tertiary/aromatic N) is 1. The van der Waals surface area contributed by atoms with Crippen LogP contribution in [-0.2, 0) is 11.3 Å². The van der Waals surface area contributed by atoms with Crippen molar-refractivity contribution in [1.82, 2.24) is 10.2 Å². The number of nitrogens with one attached hydrogen (secondary N) is 3. The maximum absolute atomic E-state index is 14.0. The lowest BCUT2D eigenvalue weighted by Gasteiger charge is -2.26. The van der Waals surface area contributed by atoms with Crippen LogP contribution < -0.4 is 16.0 Å². The molecule has 0 bridgehead atoms. The summed E-state index contributed by atoms with van der Waals surface area (Å²) in [5, 5.41) is 10.2. The van der Waals surface area contributed by atoms with Crippen molar-refractivity contribution >= 4 is 46.1 Å². The van der Waals surface area contributed by atoms with Gasteiger partial charge in [-0.25, -0.2) is 4.39 Å². The number of amides is 2. The maximum Gasteiger partial charge on any atom is 0.258 e. The number of halogens is 2. The second-order valence-electron chi connectivity index (χ2n) is 11.6. The number of anilines is 2. The molecular weight excluding hydrogens is 587 g/mol. The molecular formula is C37H36ClFN4O2. The van der Waals surface area contributed by atoms with Gasteiger partial charge in [0.1, 0.15) is 5.82 Å². The van der Waals surface area contributed by atoms with E-state index in [9.17, 15) is 14.0 Å². The Hall–Kier alpha value is -4.46. The lowest BCUT2D eigenvalue weighted by Crippen LogP contribution is -2.29. The van der Waals surface area contributed by atoms with Gasteiger partial charge < -0.3 is 16.0 Å². The third-order valence-corrected chi connectivity index (χ3v) is 8.66. The van der Waals surface area contributed by atoms with Crippen LogP contribution in [0.1, 0.15) is 71.3 Å². The van der Waals surface area contributed by atoms with Crippen molar-refractivity contribution in [3.63, 3.8) is 0 Å². The van der Waals surface area contributed by atoms with Crippen molar-refractivity contribution in [1.29, 1.82) is 0 Å². The van der Waals surface area contributed by atoms with Gasteiger partial charge in [0.15, 0.2) is 0 Å². The first-order valence-electron chi connectivity index (χ1n) is 15.5. The molecule has 2 aliphatic heterocycles. The summed E-state index contributed by atoms with van der Waals surface area (Å²) in [6, 6.07) is 26.6. The van der Waals surface area contributed by atoms with Gasteiger partial charge in [-0.15, -0.1) is 0 Å². The Bertz CT molecular complexity index is 1750. The van der Waals surface area contributed by atoms with Gasteiger partial charge in [-0.3, -0.25) is 14.5 Å². The van der Waals surface area contributed by atoms with E-state index in [2.05, 4.69) is 33.0 Å². The average Bonchev–Trinajstić information content (AvgIpc) is 3.38. The fourth-order valence-corrected chi connectivity index (χ4v) is 6.30. The minimum atomic E-state index is -0.368. The standard InChI is InChI=1S/C37H36ClFN4O2/c1-2-32(26-9-7-10-28(38)21-26)41-36(44)27-14-17-33-31(22-27)34(37(45)42-33)35(25-12-15-29(39)16-13-25)40-30-11-6-8-24(20-30)23-43-18-4-3-5-19-43/h6-17,20-22,32,40H,2-5,18-19,23H2,1H3,(H,41,44)(H,42,45)/b35-34-. The fraction of sp³-hybridized carbons (Fsp3) is 0.243. The number of piperidine rings is 1. The first kappa shape index (κ1) is 30.6. The van der Waals surface area contributed by atoms with Gasteiger partial charge in [0.25, 0.3) is 11.8 Å². The van der Waals surface area contributed by atoms with Crippen molar-refractivity contribution < 1.29 is 14.0 Å². The molecule has 2 amide bonds. The summed E-state index contributed by atoms with van der Waals surface area (Å²) >= 11 is 6.21. The number of carbonyl (C=O) groups is 2. The van der Waals surface area contributed by atoms with Crippen molar-refractivity contribution in [2.24, 2.45) is 0 Å². The molecule has 0 saturated carbocycles. The number of benzene rings is 4. The monoisotopic (exact) mass is 622 g/mol. The molecule has 6 nitrogen and oxygen atoms in total. The second-order valence-corrected chi connectivity index (χ2v) is 12.1. The van der Waals surface area contributed by atoms with Crippen LogP contribution in [0.2, 0.25) is 5.02 Å². The molecule has 2 aliphatic rings. The van der Waals surface area contributed by atoms with E-state index >= 15 is 0 Å². The van der Waals surface area contributed by atoms with Crippen molar-refractivity contribution in [3.05, 3.63) is 130 Å². The Morgan fingerprint density at radius 1 is 0.933 bits per heavy atom. The lowest BCUT2D eigenvalue weighted by atomic mass is 9.97. The minimum Gasteiger partial charge on any atom is -0.354 e. The summed E-state index contributed by atoms with van der Waals surface area (Å²) in [6.07, 6.45) is 4.39. The van der Waals surface area contributed by atoms with Gasteiger partial charge in [-0.05, 0) is 116 Å². The molecule has 0 radical (unpaired) electrons. The zero-order chi connectivity index (χ0) is 31.3. The Kier molecular flexibility index (Phi) is 9.29. The molecule has 6 rings (SSSR count). The van der Waals surface area contributed by atoms with Crippen LogP contribution in [-0.4, -0.2) is 29.8 Å². The molecule has 8 heteroatoms. The van der Waals surface area contributed by atoms with Gasteiger partial charge in [0.05, 0.1) is 17.3 Å². The molecule has 0 aromatic heterocycles. The summed E-state index contributed by atoms with van der Waals surface area (Å²) in [5.74, 6) is -0.929. The molecule has 4 aromatic rings. The molecule has 1 atom stereocenters. The molecule has 1 saturated heterocycles. The first-order chi connectivity index (χ1) is 21.9. The van der Waals surface area contributed by atoms with Gasteiger partial charge in [0, 0.05) is 34.1 Å². The zero-order valence-corrected chi connectivity index (χ0v) is 26.0. The molecule has 4 aromatic carbocycles. The summed E-state index contributed by atoms with van der Waals surface area (Å²) in [4.78, 5) is 29.5. The number of likely N-dealkylation sites (tertiary alicyclic amines) is 1. The van der Waals surface area contributed by atoms with Crippen LogP contribution in [0.15, 0.2) is 91.0 Å². The SMILES string of the molecule is CCC(NC(=O)c1ccc2c(c1)/C(=C(/Nc1cccc(CN3CCCCC3)c1)c1ccc(F)cc1)C(=O)N2)c1cccc(Cl)c1. The summed E-state index contributed by atoms with van der Waals surface area (Å²) in [7, 11) is 0. The highest BCUT2D eigenvalue weighted by molar-refractivity contribution is 6.37. The molecule has 1 unspecified atom stereocenters. The quantitative estimate of drug-likeness (QED) is 0.164. The Morgan fingerprint density at radius 3 is 2.44 bits per heavy atom. The van der Waals surface area contributed by atoms with Gasteiger partial charge in [-0.1, -0.05) is 49.2 Å². The predicted molar refractivity (Wildman–Crippen MR) is 179 cm³/mol. The maximum atomic E-state index is 14.0. The van der Waals surface area contributed by atoms with E-state index < -0.39 is 0 Å². The van der Waals surface area contributed by atoms with Crippen LogP contribution in [0.3, 0.4) is 0 Å². The topological polar surface area (TPSA) is 73.5 Å². The van der Waals surface area contributed by atoms with E-state index in [-0.39, 0.29) is 23.7 Å². The molecule has 3 N–H and O–H groups in total. The molecule has 1 fully saturated rings. The number of fused-ring (bicyclic) bond motifs is 1. The van der Waals surface area contributed by atoms with E-state index in [1.807, 2.05) is 37.3 Å². The largest absolute Gasteiger partial charge is 0.354 e. The average molecular weight is 623 g/mol. The van der Waals surface area contributed by atoms with Crippen molar-refractivity contribution in [3.8, 4) is 0 Å². The van der Waals surface area contributed by atoms with Crippen molar-refractivity contribution in [2.75, 3.05) is 23.7 Å². The third-order valence-electron chi connectivity index (χ3n) is 8.43. The first-order valence-corrected chi connectivity index (χ1v) is 15.9. The van der Waals surface area contributed by atoms with E-state index in [0.717, 1.165) is 30.9 Å². The van der Waals surface area contributed by atoms with E-state index in [1.54, 1.807) is 36.4 Å². The highest BCUT2D eigenvalue weighted by Gasteiger charge is 2.30. The summed E-state index contributed by atoms with van der Waals surface area (Å²) in [5.41, 5.74) is 6.10. The second kappa shape index (κ2) is 13.7.